The molecular formula is C20H16F2N2O3. The van der Waals surface area contributed by atoms with Crippen molar-refractivity contribution >= 4 is 28.3 Å². The number of hydrogen-bond acceptors (Lipinski definition) is 4. The molecule has 1 aliphatic heterocycles. The maximum Gasteiger partial charge on any atom is 0.255 e. The monoisotopic (exact) mass is 370 g/mol. The number of carbonyl (C=O) groups excluding carboxylic acids is 2. The van der Waals surface area contributed by atoms with Gasteiger partial charge in [0, 0.05) is 48.8 Å². The van der Waals surface area contributed by atoms with Gasteiger partial charge in [-0.2, -0.15) is 0 Å². The van der Waals surface area contributed by atoms with Crippen molar-refractivity contribution in [2.75, 3.05) is 18.9 Å². The molecule has 27 heavy (non-hydrogen) atoms. The van der Waals surface area contributed by atoms with Gasteiger partial charge in [0.05, 0.1) is 11.1 Å². The smallest absolute Gasteiger partial charge is 0.255 e. The van der Waals surface area contributed by atoms with Crippen LogP contribution in [0.2, 0.25) is 0 Å². The van der Waals surface area contributed by atoms with Gasteiger partial charge in [-0.15, -0.1) is 0 Å². The van der Waals surface area contributed by atoms with Crippen molar-refractivity contribution < 1.29 is 22.8 Å². The van der Waals surface area contributed by atoms with Crippen LogP contribution in [0.25, 0.3) is 22.3 Å². The molecule has 2 N–H and O–H groups in total. The van der Waals surface area contributed by atoms with Crippen LogP contribution in [0, 0.1) is 11.6 Å². The fraction of sp³-hybridized carbons (Fsp3) is 0.200. The van der Waals surface area contributed by atoms with E-state index in [1.807, 2.05) is 0 Å². The molecule has 0 spiro atoms. The van der Waals surface area contributed by atoms with Crippen molar-refractivity contribution in [2.24, 2.45) is 0 Å². The number of rotatable bonds is 2. The first-order valence-electron chi connectivity index (χ1n) is 8.54. The van der Waals surface area contributed by atoms with E-state index in [-0.39, 0.29) is 22.7 Å². The third kappa shape index (κ3) is 2.85. The van der Waals surface area contributed by atoms with Crippen LogP contribution in [0.15, 0.2) is 34.7 Å². The standard InChI is InChI=1S/C20H16F2N2O3/c1-23-20(26)18-13-8-12-15(24-6-2-3-16(12)25)9-17(13)27-19(18)11-5-4-10(21)7-14(11)22/h4-5,7-9,24H,2-3,6H2,1H3,(H,23,26). The zero-order chi connectivity index (χ0) is 19.1. The Kier molecular flexibility index (Phi) is 4.14. The summed E-state index contributed by atoms with van der Waals surface area (Å²) in [6.07, 6.45) is 1.11. The van der Waals surface area contributed by atoms with Crippen LogP contribution >= 0.6 is 0 Å². The van der Waals surface area contributed by atoms with Crippen LogP contribution in [-0.4, -0.2) is 25.3 Å². The summed E-state index contributed by atoms with van der Waals surface area (Å²) < 4.78 is 33.4. The van der Waals surface area contributed by atoms with Crippen molar-refractivity contribution in [2.45, 2.75) is 12.8 Å². The molecule has 1 amide bonds. The highest BCUT2D eigenvalue weighted by molar-refractivity contribution is 6.14. The van der Waals surface area contributed by atoms with Gasteiger partial charge < -0.3 is 15.1 Å². The fourth-order valence-electron chi connectivity index (χ4n) is 3.34. The third-order valence-corrected chi connectivity index (χ3v) is 4.65. The van der Waals surface area contributed by atoms with Gasteiger partial charge in [0.15, 0.2) is 11.5 Å². The van der Waals surface area contributed by atoms with Gasteiger partial charge in [0.25, 0.3) is 5.91 Å². The lowest BCUT2D eigenvalue weighted by atomic mass is 10.00. The number of amides is 1. The summed E-state index contributed by atoms with van der Waals surface area (Å²) in [5, 5.41) is 6.09. The SMILES string of the molecule is CNC(=O)c1c(-c2ccc(F)cc2F)oc2cc3c(cc12)C(=O)CCCN3. The number of halogens is 2. The molecule has 4 rings (SSSR count). The third-order valence-electron chi connectivity index (χ3n) is 4.65. The molecule has 2 aromatic carbocycles. The number of fused-ring (bicyclic) bond motifs is 2. The van der Waals surface area contributed by atoms with Crippen LogP contribution in [-0.2, 0) is 0 Å². The number of carbonyl (C=O) groups is 2. The summed E-state index contributed by atoms with van der Waals surface area (Å²) in [6, 6.07) is 6.30. The number of hydrogen-bond donors (Lipinski definition) is 2. The summed E-state index contributed by atoms with van der Waals surface area (Å²) >= 11 is 0. The maximum absolute atomic E-state index is 14.3. The number of ketones is 1. The Labute approximate surface area is 153 Å². The van der Waals surface area contributed by atoms with E-state index in [0.717, 1.165) is 12.1 Å². The molecule has 0 saturated heterocycles. The highest BCUT2D eigenvalue weighted by atomic mass is 19.1. The molecule has 5 nitrogen and oxygen atoms in total. The lowest BCUT2D eigenvalue weighted by Gasteiger charge is -2.06. The van der Waals surface area contributed by atoms with Gasteiger partial charge in [0.1, 0.15) is 17.2 Å². The number of nitrogens with one attached hydrogen (secondary N) is 2. The predicted molar refractivity (Wildman–Crippen MR) is 97.0 cm³/mol. The molecule has 0 fully saturated rings. The Bertz CT molecular complexity index is 1090. The fourth-order valence-corrected chi connectivity index (χ4v) is 3.34. The zero-order valence-corrected chi connectivity index (χ0v) is 14.5. The minimum Gasteiger partial charge on any atom is -0.455 e. The predicted octanol–water partition coefficient (Wildman–Crippen LogP) is 4.13. The van der Waals surface area contributed by atoms with E-state index in [4.69, 9.17) is 4.42 Å². The van der Waals surface area contributed by atoms with E-state index < -0.39 is 17.5 Å². The minimum absolute atomic E-state index is 0.00513. The summed E-state index contributed by atoms with van der Waals surface area (Å²) in [5.74, 6) is -2.09. The van der Waals surface area contributed by atoms with Crippen LogP contribution in [0.4, 0.5) is 14.5 Å². The molecule has 0 aliphatic carbocycles. The average Bonchev–Trinajstić information content (AvgIpc) is 2.91. The maximum atomic E-state index is 14.3. The summed E-state index contributed by atoms with van der Waals surface area (Å²) in [4.78, 5) is 24.9. The van der Waals surface area contributed by atoms with Crippen molar-refractivity contribution in [3.63, 3.8) is 0 Å². The van der Waals surface area contributed by atoms with Gasteiger partial charge in [-0.25, -0.2) is 8.78 Å². The second-order valence-electron chi connectivity index (χ2n) is 6.36. The molecule has 2 heterocycles. The molecule has 0 saturated carbocycles. The first-order chi connectivity index (χ1) is 13.0. The molecule has 0 radical (unpaired) electrons. The van der Waals surface area contributed by atoms with E-state index in [9.17, 15) is 18.4 Å². The minimum atomic E-state index is -0.838. The van der Waals surface area contributed by atoms with Crippen molar-refractivity contribution in [1.29, 1.82) is 0 Å². The van der Waals surface area contributed by atoms with E-state index in [2.05, 4.69) is 10.6 Å². The van der Waals surface area contributed by atoms with E-state index in [1.165, 1.54) is 13.1 Å². The second-order valence-corrected chi connectivity index (χ2v) is 6.36. The van der Waals surface area contributed by atoms with Crippen LogP contribution in [0.1, 0.15) is 33.6 Å². The molecule has 1 aliphatic rings. The van der Waals surface area contributed by atoms with Crippen molar-refractivity contribution in [1.82, 2.24) is 5.32 Å². The van der Waals surface area contributed by atoms with E-state index in [0.29, 0.717) is 41.6 Å². The van der Waals surface area contributed by atoms with Crippen molar-refractivity contribution in [3.8, 4) is 11.3 Å². The quantitative estimate of drug-likeness (QED) is 0.712. The molecule has 0 bridgehead atoms. The average molecular weight is 370 g/mol. The number of benzene rings is 2. The molecule has 7 heteroatoms. The van der Waals surface area contributed by atoms with Gasteiger partial charge in [0.2, 0.25) is 0 Å². The van der Waals surface area contributed by atoms with Gasteiger partial charge in [-0.1, -0.05) is 0 Å². The van der Waals surface area contributed by atoms with E-state index in [1.54, 1.807) is 12.1 Å². The largest absolute Gasteiger partial charge is 0.455 e. The Hall–Kier alpha value is -3.22. The molecule has 3 aromatic rings. The topological polar surface area (TPSA) is 71.3 Å². The molecule has 0 unspecified atom stereocenters. The lowest BCUT2D eigenvalue weighted by Crippen LogP contribution is -2.18. The summed E-state index contributed by atoms with van der Waals surface area (Å²) in [6.45, 7) is 0.646. The Morgan fingerprint density at radius 1 is 1.19 bits per heavy atom. The molecule has 138 valence electrons. The second kappa shape index (κ2) is 6.50. The summed E-state index contributed by atoms with van der Waals surface area (Å²) in [5.41, 5.74) is 1.51. The molecule has 0 atom stereocenters. The highest BCUT2D eigenvalue weighted by Crippen LogP contribution is 2.38. The number of furan rings is 1. The van der Waals surface area contributed by atoms with Gasteiger partial charge >= 0.3 is 0 Å². The Morgan fingerprint density at radius 3 is 2.74 bits per heavy atom. The lowest BCUT2D eigenvalue weighted by molar-refractivity contribution is 0.0961. The van der Waals surface area contributed by atoms with Crippen molar-refractivity contribution in [3.05, 3.63) is 53.1 Å². The first-order valence-corrected chi connectivity index (χ1v) is 8.54. The Morgan fingerprint density at radius 2 is 2.00 bits per heavy atom. The Balaban J connectivity index is 2.02. The highest BCUT2D eigenvalue weighted by Gasteiger charge is 2.26. The molecule has 1 aromatic heterocycles. The normalized spacial score (nSPS) is 13.8. The summed E-state index contributed by atoms with van der Waals surface area (Å²) in [7, 11) is 1.45. The van der Waals surface area contributed by atoms with Gasteiger partial charge in [-0.05, 0) is 24.6 Å². The van der Waals surface area contributed by atoms with Crippen LogP contribution in [0.5, 0.6) is 0 Å². The zero-order valence-electron chi connectivity index (χ0n) is 14.5. The number of Topliss-reactive ketones (excluding diaryl/α,β-unsaturated/α-hetero) is 1. The molecular weight excluding hydrogens is 354 g/mol. The van der Waals surface area contributed by atoms with Gasteiger partial charge in [-0.3, -0.25) is 9.59 Å². The van der Waals surface area contributed by atoms with Crippen LogP contribution < -0.4 is 10.6 Å². The number of anilines is 1. The van der Waals surface area contributed by atoms with Crippen LogP contribution in [0.3, 0.4) is 0 Å². The first kappa shape index (κ1) is 17.2. The van der Waals surface area contributed by atoms with E-state index >= 15 is 0 Å².